The topological polar surface area (TPSA) is 42.4 Å². The number of rotatable bonds is 5. The van der Waals surface area contributed by atoms with E-state index in [0.29, 0.717) is 19.7 Å². The summed E-state index contributed by atoms with van der Waals surface area (Å²) < 4.78 is 5.23. The van der Waals surface area contributed by atoms with Crippen LogP contribution in [0.15, 0.2) is 24.4 Å². The molecule has 0 saturated carbocycles. The highest BCUT2D eigenvalue weighted by molar-refractivity contribution is 5.83. The van der Waals surface area contributed by atoms with Crippen LogP contribution in [0.1, 0.15) is 12.1 Å². The van der Waals surface area contributed by atoms with Crippen LogP contribution in [0.25, 0.3) is 0 Å². The average molecular weight is 234 g/mol. The van der Waals surface area contributed by atoms with Crippen molar-refractivity contribution < 1.29 is 9.53 Å². The Kier molecular flexibility index (Phi) is 4.23. The highest BCUT2D eigenvalue weighted by Crippen LogP contribution is 2.14. The van der Waals surface area contributed by atoms with Gasteiger partial charge in [0.2, 0.25) is 0 Å². The number of hydrogen-bond acceptors (Lipinski definition) is 4. The van der Waals surface area contributed by atoms with Crippen LogP contribution in [-0.2, 0) is 16.1 Å². The zero-order valence-electron chi connectivity index (χ0n) is 10.1. The summed E-state index contributed by atoms with van der Waals surface area (Å²) in [6.07, 6.45) is 2.64. The maximum absolute atomic E-state index is 11.9. The third kappa shape index (κ3) is 3.61. The Labute approximate surface area is 102 Å². The molecule has 1 aromatic rings. The molecule has 4 nitrogen and oxygen atoms in total. The first kappa shape index (κ1) is 12.2. The number of ether oxygens (including phenoxy) is 1. The Balaban J connectivity index is 1.80. The van der Waals surface area contributed by atoms with Crippen LogP contribution in [0.3, 0.4) is 0 Å². The highest BCUT2D eigenvalue weighted by Gasteiger charge is 2.24. The second kappa shape index (κ2) is 5.89. The van der Waals surface area contributed by atoms with Crippen molar-refractivity contribution in [1.29, 1.82) is 0 Å². The summed E-state index contributed by atoms with van der Waals surface area (Å²) in [5, 5.41) is 0. The average Bonchev–Trinajstić information content (AvgIpc) is 2.83. The maximum atomic E-state index is 11.9. The van der Waals surface area contributed by atoms with E-state index in [0.717, 1.165) is 18.7 Å². The van der Waals surface area contributed by atoms with Gasteiger partial charge in [-0.1, -0.05) is 6.07 Å². The number of pyridine rings is 1. The summed E-state index contributed by atoms with van der Waals surface area (Å²) in [7, 11) is 1.95. The van der Waals surface area contributed by atoms with E-state index in [9.17, 15) is 4.79 Å². The summed E-state index contributed by atoms with van der Waals surface area (Å²) in [5.74, 6) is 0.377. The lowest BCUT2D eigenvalue weighted by Crippen LogP contribution is -2.30. The van der Waals surface area contributed by atoms with Gasteiger partial charge in [-0.2, -0.15) is 0 Å². The van der Waals surface area contributed by atoms with Gasteiger partial charge in [-0.15, -0.1) is 0 Å². The quantitative estimate of drug-likeness (QED) is 0.765. The SMILES string of the molecule is CN(CC(=O)C1CCOC1)Cc1ccccn1. The van der Waals surface area contributed by atoms with Crippen molar-refractivity contribution >= 4 is 5.78 Å². The van der Waals surface area contributed by atoms with E-state index in [1.807, 2.05) is 30.1 Å². The van der Waals surface area contributed by atoms with Gasteiger partial charge in [-0.05, 0) is 25.6 Å². The van der Waals surface area contributed by atoms with Crippen molar-refractivity contribution in [3.63, 3.8) is 0 Å². The summed E-state index contributed by atoms with van der Waals surface area (Å²) in [6.45, 7) is 2.50. The highest BCUT2D eigenvalue weighted by atomic mass is 16.5. The number of nitrogens with zero attached hydrogens (tertiary/aromatic N) is 2. The fraction of sp³-hybridized carbons (Fsp3) is 0.538. The number of ketones is 1. The molecule has 0 aliphatic carbocycles. The summed E-state index contributed by atoms with van der Waals surface area (Å²) in [6, 6.07) is 5.83. The van der Waals surface area contributed by atoms with Crippen molar-refractivity contribution in [3.8, 4) is 0 Å². The van der Waals surface area contributed by atoms with Crippen molar-refractivity contribution in [2.75, 3.05) is 26.8 Å². The van der Waals surface area contributed by atoms with Crippen LogP contribution >= 0.6 is 0 Å². The molecule has 1 saturated heterocycles. The van der Waals surface area contributed by atoms with E-state index < -0.39 is 0 Å². The molecule has 17 heavy (non-hydrogen) atoms. The number of hydrogen-bond donors (Lipinski definition) is 0. The number of Topliss-reactive ketones (excluding diaryl/α,β-unsaturated/α-hetero) is 1. The van der Waals surface area contributed by atoms with Gasteiger partial charge in [-0.25, -0.2) is 0 Å². The zero-order valence-corrected chi connectivity index (χ0v) is 10.1. The molecule has 92 valence electrons. The molecule has 2 heterocycles. The number of aromatic nitrogens is 1. The van der Waals surface area contributed by atoms with Crippen molar-refractivity contribution in [1.82, 2.24) is 9.88 Å². The Hall–Kier alpha value is -1.26. The lowest BCUT2D eigenvalue weighted by atomic mass is 10.0. The molecule has 1 atom stereocenters. The predicted molar refractivity (Wildman–Crippen MR) is 64.5 cm³/mol. The standard InChI is InChI=1S/C13H18N2O2/c1-15(8-12-4-2-3-6-14-12)9-13(16)11-5-7-17-10-11/h2-4,6,11H,5,7-10H2,1H3. The molecule has 0 spiro atoms. The van der Waals surface area contributed by atoms with Gasteiger partial charge in [0, 0.05) is 25.3 Å². The molecule has 1 aliphatic rings. The molecule has 2 rings (SSSR count). The van der Waals surface area contributed by atoms with E-state index >= 15 is 0 Å². The Morgan fingerprint density at radius 1 is 1.59 bits per heavy atom. The Morgan fingerprint density at radius 2 is 2.47 bits per heavy atom. The minimum absolute atomic E-state index is 0.0983. The van der Waals surface area contributed by atoms with Crippen molar-refractivity contribution in [3.05, 3.63) is 30.1 Å². The molecule has 1 unspecified atom stereocenters. The second-order valence-electron chi connectivity index (χ2n) is 4.52. The molecule has 0 aromatic carbocycles. The number of carbonyl (C=O) groups excluding carboxylic acids is 1. The molecule has 0 bridgehead atoms. The number of carbonyl (C=O) groups is 1. The Morgan fingerprint density at radius 3 is 3.12 bits per heavy atom. The first-order valence-corrected chi connectivity index (χ1v) is 5.94. The molecule has 0 amide bonds. The van der Waals surface area contributed by atoms with Gasteiger partial charge >= 0.3 is 0 Å². The third-order valence-electron chi connectivity index (χ3n) is 2.97. The zero-order chi connectivity index (χ0) is 12.1. The van der Waals surface area contributed by atoms with Gasteiger partial charge in [0.1, 0.15) is 0 Å². The Bertz CT molecular complexity index is 361. The van der Waals surface area contributed by atoms with Crippen molar-refractivity contribution in [2.45, 2.75) is 13.0 Å². The van der Waals surface area contributed by atoms with Crippen LogP contribution in [0.4, 0.5) is 0 Å². The largest absolute Gasteiger partial charge is 0.381 e. The molecule has 0 N–H and O–H groups in total. The number of likely N-dealkylation sites (N-methyl/N-ethyl adjacent to an activating group) is 1. The summed E-state index contributed by atoms with van der Waals surface area (Å²) in [4.78, 5) is 18.2. The first-order chi connectivity index (χ1) is 8.25. The fourth-order valence-electron chi connectivity index (χ4n) is 2.01. The van der Waals surface area contributed by atoms with Gasteiger partial charge in [-0.3, -0.25) is 14.7 Å². The van der Waals surface area contributed by atoms with E-state index in [1.54, 1.807) is 6.20 Å². The molecule has 1 aromatic heterocycles. The van der Waals surface area contributed by atoms with E-state index in [4.69, 9.17) is 4.74 Å². The lowest BCUT2D eigenvalue weighted by molar-refractivity contribution is -0.123. The molecular weight excluding hydrogens is 216 g/mol. The first-order valence-electron chi connectivity index (χ1n) is 5.94. The van der Waals surface area contributed by atoms with Crippen LogP contribution in [0.5, 0.6) is 0 Å². The normalized spacial score (nSPS) is 19.8. The molecule has 1 fully saturated rings. The lowest BCUT2D eigenvalue weighted by Gasteiger charge is -2.17. The summed E-state index contributed by atoms with van der Waals surface area (Å²) >= 11 is 0. The molecule has 4 heteroatoms. The van der Waals surface area contributed by atoms with Crippen LogP contribution in [0, 0.1) is 5.92 Å². The van der Waals surface area contributed by atoms with Crippen molar-refractivity contribution in [2.24, 2.45) is 5.92 Å². The van der Waals surface area contributed by atoms with E-state index in [2.05, 4.69) is 4.98 Å². The monoisotopic (exact) mass is 234 g/mol. The van der Waals surface area contributed by atoms with Crippen LogP contribution in [-0.4, -0.2) is 42.5 Å². The molecule has 1 aliphatic heterocycles. The molecule has 0 radical (unpaired) electrons. The minimum Gasteiger partial charge on any atom is -0.381 e. The van der Waals surface area contributed by atoms with Gasteiger partial charge in [0.15, 0.2) is 5.78 Å². The smallest absolute Gasteiger partial charge is 0.152 e. The van der Waals surface area contributed by atoms with E-state index in [1.165, 1.54) is 0 Å². The van der Waals surface area contributed by atoms with E-state index in [-0.39, 0.29) is 11.7 Å². The van der Waals surface area contributed by atoms with Gasteiger partial charge in [0.25, 0.3) is 0 Å². The second-order valence-corrected chi connectivity index (χ2v) is 4.52. The van der Waals surface area contributed by atoms with Crippen LogP contribution in [0.2, 0.25) is 0 Å². The maximum Gasteiger partial charge on any atom is 0.152 e. The summed E-state index contributed by atoms with van der Waals surface area (Å²) in [5.41, 5.74) is 0.991. The molecular formula is C13H18N2O2. The van der Waals surface area contributed by atoms with Crippen LogP contribution < -0.4 is 0 Å². The third-order valence-corrected chi connectivity index (χ3v) is 2.97. The minimum atomic E-state index is 0.0983. The van der Waals surface area contributed by atoms with Gasteiger partial charge < -0.3 is 4.74 Å². The van der Waals surface area contributed by atoms with Gasteiger partial charge in [0.05, 0.1) is 18.8 Å². The predicted octanol–water partition coefficient (Wildman–Crippen LogP) is 1.12. The fourth-order valence-corrected chi connectivity index (χ4v) is 2.01.